The summed E-state index contributed by atoms with van der Waals surface area (Å²) in [4.78, 5) is 12.2. The first-order chi connectivity index (χ1) is 15.7. The highest BCUT2D eigenvalue weighted by molar-refractivity contribution is 7.89. The molecule has 3 aromatic rings. The van der Waals surface area contributed by atoms with Crippen molar-refractivity contribution < 1.29 is 18.3 Å². The molecule has 0 radical (unpaired) electrons. The summed E-state index contributed by atoms with van der Waals surface area (Å²) in [7, 11) is -4.18. The lowest BCUT2D eigenvalue weighted by molar-refractivity contribution is -0.133. The minimum absolute atomic E-state index is 0.00223. The third-order valence-electron chi connectivity index (χ3n) is 5.45. The zero-order chi connectivity index (χ0) is 23.8. The summed E-state index contributed by atoms with van der Waals surface area (Å²) < 4.78 is 29.2. The van der Waals surface area contributed by atoms with E-state index in [9.17, 15) is 18.3 Å². The minimum atomic E-state index is -4.18. The average Bonchev–Trinajstić information content (AvgIpc) is 2.78. The third kappa shape index (κ3) is 4.81. The summed E-state index contributed by atoms with van der Waals surface area (Å²) in [5.41, 5.74) is 1.04. The molecule has 0 fully saturated rings. The maximum Gasteiger partial charge on any atom is 0.333 e. The van der Waals surface area contributed by atoms with Crippen LogP contribution in [0.1, 0.15) is 29.6 Å². The number of rotatable bonds is 5. The molecule has 170 valence electrons. The second-order valence-corrected chi connectivity index (χ2v) is 10.7. The van der Waals surface area contributed by atoms with Crippen LogP contribution in [0.25, 0.3) is 0 Å². The molecule has 0 bridgehead atoms. The largest absolute Gasteiger partial charge is 0.478 e. The lowest BCUT2D eigenvalue weighted by Crippen LogP contribution is -2.42. The molecule has 0 spiro atoms. The maximum atomic E-state index is 14.0. The zero-order valence-electron chi connectivity index (χ0n) is 17.0. The molecule has 1 heterocycles. The van der Waals surface area contributed by atoms with Crippen LogP contribution in [-0.2, 0) is 14.8 Å². The molecule has 0 aliphatic carbocycles. The molecule has 0 aromatic heterocycles. The van der Waals surface area contributed by atoms with Crippen molar-refractivity contribution in [2.75, 3.05) is 0 Å². The molecule has 0 saturated heterocycles. The zero-order valence-corrected chi connectivity index (χ0v) is 20.1. The number of sulfonamides is 1. The topological polar surface area (TPSA) is 74.7 Å². The van der Waals surface area contributed by atoms with E-state index in [0.29, 0.717) is 26.2 Å². The van der Waals surface area contributed by atoms with Gasteiger partial charge in [-0.3, -0.25) is 0 Å². The van der Waals surface area contributed by atoms with E-state index >= 15 is 0 Å². The minimum Gasteiger partial charge on any atom is -0.478 e. The van der Waals surface area contributed by atoms with Crippen LogP contribution < -0.4 is 0 Å². The van der Waals surface area contributed by atoms with Crippen LogP contribution >= 0.6 is 34.8 Å². The van der Waals surface area contributed by atoms with Gasteiger partial charge >= 0.3 is 5.97 Å². The van der Waals surface area contributed by atoms with E-state index in [1.54, 1.807) is 54.6 Å². The van der Waals surface area contributed by atoms with E-state index in [1.807, 2.05) is 0 Å². The Morgan fingerprint density at radius 1 is 0.848 bits per heavy atom. The fourth-order valence-corrected chi connectivity index (χ4v) is 6.31. The van der Waals surface area contributed by atoms with E-state index in [1.165, 1.54) is 28.6 Å². The molecule has 0 amide bonds. The summed E-state index contributed by atoms with van der Waals surface area (Å²) in [6, 6.07) is 17.4. The Morgan fingerprint density at radius 2 is 1.42 bits per heavy atom. The van der Waals surface area contributed by atoms with Crippen LogP contribution in [0.5, 0.6) is 0 Å². The molecule has 33 heavy (non-hydrogen) atoms. The van der Waals surface area contributed by atoms with Crippen molar-refractivity contribution in [1.82, 2.24) is 4.31 Å². The van der Waals surface area contributed by atoms with Gasteiger partial charge in [0.2, 0.25) is 10.0 Å². The standard InChI is InChI=1S/C24H18Cl3NO4S/c25-17-7-9-20(10-8-17)33(31,32)28-22(15-3-1-5-18(26)13-15)12-11-21(24(29)30)23(28)16-4-2-6-19(27)14-16/h1-11,13-14,22-23H,12H2,(H,29,30). The normalized spacial score (nSPS) is 19.2. The molecule has 1 aliphatic heterocycles. The average molecular weight is 523 g/mol. The SMILES string of the molecule is O=C(O)C1=CCC(c2cccc(Cl)c2)N(S(=O)(=O)c2ccc(Cl)cc2)C1c1cccc(Cl)c1. The summed E-state index contributed by atoms with van der Waals surface area (Å²) in [6.45, 7) is 0. The predicted octanol–water partition coefficient (Wildman–Crippen LogP) is 6.53. The Kier molecular flexibility index (Phi) is 6.84. The molecule has 9 heteroatoms. The summed E-state index contributed by atoms with van der Waals surface area (Å²) in [5.74, 6) is -1.21. The maximum absolute atomic E-state index is 14.0. The van der Waals surface area contributed by atoms with Crippen molar-refractivity contribution in [3.8, 4) is 0 Å². The van der Waals surface area contributed by atoms with Crippen LogP contribution in [0.2, 0.25) is 15.1 Å². The van der Waals surface area contributed by atoms with Crippen LogP contribution in [-0.4, -0.2) is 23.8 Å². The van der Waals surface area contributed by atoms with E-state index in [0.717, 1.165) is 0 Å². The number of benzene rings is 3. The Bertz CT molecular complexity index is 1340. The Labute approximate surface area is 206 Å². The van der Waals surface area contributed by atoms with Crippen molar-refractivity contribution in [3.63, 3.8) is 0 Å². The summed E-state index contributed by atoms with van der Waals surface area (Å²) in [5, 5.41) is 11.2. The van der Waals surface area contributed by atoms with Gasteiger partial charge in [-0.25, -0.2) is 13.2 Å². The molecule has 2 unspecified atom stereocenters. The van der Waals surface area contributed by atoms with E-state index in [-0.39, 0.29) is 16.9 Å². The molecular weight excluding hydrogens is 505 g/mol. The van der Waals surface area contributed by atoms with Gasteiger partial charge in [0.15, 0.2) is 0 Å². The third-order valence-corrected chi connectivity index (χ3v) is 8.06. The first-order valence-electron chi connectivity index (χ1n) is 9.92. The number of carboxylic acid groups (broad SMARTS) is 1. The number of carboxylic acids is 1. The van der Waals surface area contributed by atoms with Crippen molar-refractivity contribution in [1.29, 1.82) is 0 Å². The first kappa shape index (κ1) is 23.8. The van der Waals surface area contributed by atoms with Crippen LogP contribution in [0.3, 0.4) is 0 Å². The number of carbonyl (C=O) groups is 1. The van der Waals surface area contributed by atoms with Gasteiger partial charge in [0, 0.05) is 15.1 Å². The molecular formula is C24H18Cl3NO4S. The number of hydrogen-bond acceptors (Lipinski definition) is 3. The van der Waals surface area contributed by atoms with Gasteiger partial charge in [0.1, 0.15) is 0 Å². The number of nitrogens with zero attached hydrogens (tertiary/aromatic N) is 1. The smallest absolute Gasteiger partial charge is 0.333 e. The van der Waals surface area contributed by atoms with Crippen LogP contribution in [0.15, 0.2) is 89.3 Å². The first-order valence-corrected chi connectivity index (χ1v) is 12.5. The highest BCUT2D eigenvalue weighted by Crippen LogP contribution is 2.46. The van der Waals surface area contributed by atoms with Crippen molar-refractivity contribution in [3.05, 3.63) is 111 Å². The number of aliphatic carboxylic acids is 1. The molecule has 2 atom stereocenters. The fraction of sp³-hybridized carbons (Fsp3) is 0.125. The van der Waals surface area contributed by atoms with Gasteiger partial charge in [-0.15, -0.1) is 0 Å². The molecule has 0 saturated carbocycles. The molecule has 3 aromatic carbocycles. The van der Waals surface area contributed by atoms with E-state index in [2.05, 4.69) is 0 Å². The van der Waals surface area contributed by atoms with Crippen molar-refractivity contribution >= 4 is 50.8 Å². The monoisotopic (exact) mass is 521 g/mol. The lowest BCUT2D eigenvalue weighted by atomic mass is 9.89. The fourth-order valence-electron chi connectivity index (χ4n) is 4.01. The van der Waals surface area contributed by atoms with Crippen molar-refractivity contribution in [2.24, 2.45) is 0 Å². The number of halogens is 3. The Balaban J connectivity index is 1.98. The summed E-state index contributed by atoms with van der Waals surface area (Å²) in [6.07, 6.45) is 1.72. The lowest BCUT2D eigenvalue weighted by Gasteiger charge is -2.40. The van der Waals surface area contributed by atoms with Crippen LogP contribution in [0.4, 0.5) is 0 Å². The molecule has 4 rings (SSSR count). The van der Waals surface area contributed by atoms with Gasteiger partial charge in [0.05, 0.1) is 22.6 Å². The number of hydrogen-bond donors (Lipinski definition) is 1. The van der Waals surface area contributed by atoms with Gasteiger partial charge < -0.3 is 5.11 Å². The highest BCUT2D eigenvalue weighted by Gasteiger charge is 2.44. The quantitative estimate of drug-likeness (QED) is 0.413. The Hall–Kier alpha value is -2.35. The summed E-state index contributed by atoms with van der Waals surface area (Å²) >= 11 is 18.4. The van der Waals surface area contributed by atoms with Crippen LogP contribution in [0, 0.1) is 0 Å². The van der Waals surface area contributed by atoms with E-state index in [4.69, 9.17) is 34.8 Å². The molecule has 5 nitrogen and oxygen atoms in total. The van der Waals surface area contributed by atoms with Gasteiger partial charge in [-0.1, -0.05) is 65.1 Å². The van der Waals surface area contributed by atoms with Crippen molar-refractivity contribution in [2.45, 2.75) is 23.4 Å². The van der Waals surface area contributed by atoms with Gasteiger partial charge in [-0.05, 0) is 66.1 Å². The second kappa shape index (κ2) is 9.49. The predicted molar refractivity (Wildman–Crippen MR) is 129 cm³/mol. The van der Waals surface area contributed by atoms with E-state index < -0.39 is 28.1 Å². The van der Waals surface area contributed by atoms with Gasteiger partial charge in [-0.2, -0.15) is 4.31 Å². The molecule has 1 aliphatic rings. The second-order valence-electron chi connectivity index (χ2n) is 7.52. The highest BCUT2D eigenvalue weighted by atomic mass is 35.5. The Morgan fingerprint density at radius 3 is 2.00 bits per heavy atom. The van der Waals surface area contributed by atoms with Gasteiger partial charge in [0.25, 0.3) is 0 Å². The molecule has 1 N–H and O–H groups in total.